The Bertz CT molecular complexity index is 431. The number of fused-ring (bicyclic) bond motifs is 1. The number of amides is 2. The highest BCUT2D eigenvalue weighted by atomic mass is 32.2. The number of carbonyl (C=O) groups is 2. The summed E-state index contributed by atoms with van der Waals surface area (Å²) in [7, 11) is 0. The Morgan fingerprint density at radius 1 is 1.31 bits per heavy atom. The molecule has 0 N–H and O–H groups in total. The molecule has 4 heteroatoms. The van der Waals surface area contributed by atoms with Crippen LogP contribution in [0.2, 0.25) is 0 Å². The van der Waals surface area contributed by atoms with Gasteiger partial charge in [-0.25, -0.2) is 0 Å². The van der Waals surface area contributed by atoms with Crippen LogP contribution in [0, 0.1) is 0 Å². The molecule has 0 aliphatic carbocycles. The fourth-order valence-electron chi connectivity index (χ4n) is 1.81. The first-order valence-electron chi connectivity index (χ1n) is 5.15. The molecule has 3 nitrogen and oxygen atoms in total. The number of hydrogen-bond acceptors (Lipinski definition) is 3. The van der Waals surface area contributed by atoms with E-state index in [1.807, 2.05) is 24.5 Å². The van der Waals surface area contributed by atoms with Gasteiger partial charge in [0.2, 0.25) is 5.91 Å². The van der Waals surface area contributed by atoms with Crippen LogP contribution < -0.4 is 0 Å². The molecule has 0 radical (unpaired) electrons. The highest BCUT2D eigenvalue weighted by Crippen LogP contribution is 2.19. The van der Waals surface area contributed by atoms with Crippen molar-refractivity contribution in [2.45, 2.75) is 6.42 Å². The predicted molar refractivity (Wildman–Crippen MR) is 64.6 cm³/mol. The molecule has 1 heterocycles. The van der Waals surface area contributed by atoms with Crippen molar-refractivity contribution in [3.05, 3.63) is 35.4 Å². The number of imide groups is 1. The summed E-state index contributed by atoms with van der Waals surface area (Å²) in [5, 5.41) is 0. The molecule has 2 amide bonds. The van der Waals surface area contributed by atoms with Crippen LogP contribution >= 0.6 is 11.8 Å². The normalized spacial score (nSPS) is 15.2. The van der Waals surface area contributed by atoms with Crippen LogP contribution in [0.4, 0.5) is 0 Å². The third kappa shape index (κ3) is 1.97. The lowest BCUT2D eigenvalue weighted by Crippen LogP contribution is -2.43. The van der Waals surface area contributed by atoms with E-state index in [2.05, 4.69) is 0 Å². The van der Waals surface area contributed by atoms with Crippen molar-refractivity contribution in [3.8, 4) is 0 Å². The lowest BCUT2D eigenvalue weighted by molar-refractivity contribution is -0.128. The molecule has 16 heavy (non-hydrogen) atoms. The van der Waals surface area contributed by atoms with Crippen molar-refractivity contribution in [1.82, 2.24) is 4.90 Å². The van der Waals surface area contributed by atoms with Crippen LogP contribution in [-0.4, -0.2) is 35.3 Å². The number of carbonyl (C=O) groups excluding carboxylic acids is 2. The van der Waals surface area contributed by atoms with Gasteiger partial charge in [0.05, 0.1) is 6.42 Å². The molecule has 0 saturated heterocycles. The van der Waals surface area contributed by atoms with Gasteiger partial charge in [0, 0.05) is 17.9 Å². The summed E-state index contributed by atoms with van der Waals surface area (Å²) in [4.78, 5) is 25.2. The summed E-state index contributed by atoms with van der Waals surface area (Å²) in [6, 6.07) is 7.32. The molecule has 0 atom stereocenters. The Hall–Kier alpha value is -1.29. The van der Waals surface area contributed by atoms with Crippen LogP contribution in [0.5, 0.6) is 0 Å². The van der Waals surface area contributed by atoms with Crippen LogP contribution in [-0.2, 0) is 11.2 Å². The van der Waals surface area contributed by atoms with Crippen molar-refractivity contribution >= 4 is 23.6 Å². The molecule has 0 fully saturated rings. The average molecular weight is 235 g/mol. The summed E-state index contributed by atoms with van der Waals surface area (Å²) in [5.74, 6) is 0.554. The fourth-order valence-corrected chi connectivity index (χ4v) is 2.17. The molecule has 2 rings (SSSR count). The number of thioether (sulfide) groups is 1. The standard InChI is InChI=1S/C12H13NO2S/c1-16-7-6-13-11(14)8-9-4-2-3-5-10(9)12(13)15/h2-5H,6-8H2,1H3. The third-order valence-electron chi connectivity index (χ3n) is 2.65. The van der Waals surface area contributed by atoms with Crippen LogP contribution in [0.1, 0.15) is 15.9 Å². The minimum Gasteiger partial charge on any atom is -0.277 e. The fraction of sp³-hybridized carbons (Fsp3) is 0.333. The van der Waals surface area contributed by atoms with Gasteiger partial charge in [0.1, 0.15) is 0 Å². The van der Waals surface area contributed by atoms with Gasteiger partial charge in [-0.05, 0) is 17.9 Å². The second kappa shape index (κ2) is 4.70. The van der Waals surface area contributed by atoms with Gasteiger partial charge >= 0.3 is 0 Å². The van der Waals surface area contributed by atoms with Gasteiger partial charge in [-0.15, -0.1) is 0 Å². The Kier molecular flexibility index (Phi) is 3.29. The molecule has 1 aromatic rings. The van der Waals surface area contributed by atoms with E-state index in [-0.39, 0.29) is 11.8 Å². The Balaban J connectivity index is 2.27. The molecule has 0 saturated carbocycles. The maximum Gasteiger partial charge on any atom is 0.260 e. The van der Waals surface area contributed by atoms with E-state index in [0.717, 1.165) is 11.3 Å². The van der Waals surface area contributed by atoms with Gasteiger partial charge in [-0.3, -0.25) is 14.5 Å². The first kappa shape index (κ1) is 11.2. The molecular formula is C12H13NO2S. The van der Waals surface area contributed by atoms with Crippen LogP contribution in [0.15, 0.2) is 24.3 Å². The summed E-state index contributed by atoms with van der Waals surface area (Å²) < 4.78 is 0. The quantitative estimate of drug-likeness (QED) is 0.746. The molecule has 0 aromatic heterocycles. The maximum absolute atomic E-state index is 12.0. The van der Waals surface area contributed by atoms with Crippen molar-refractivity contribution < 1.29 is 9.59 Å². The van der Waals surface area contributed by atoms with Crippen LogP contribution in [0.3, 0.4) is 0 Å². The second-order valence-electron chi connectivity index (χ2n) is 3.68. The summed E-state index contributed by atoms with van der Waals surface area (Å²) in [6.45, 7) is 0.507. The first-order chi connectivity index (χ1) is 7.74. The smallest absolute Gasteiger partial charge is 0.260 e. The van der Waals surface area contributed by atoms with Gasteiger partial charge in [0.25, 0.3) is 5.91 Å². The SMILES string of the molecule is CSCCN1C(=O)Cc2ccccc2C1=O. The summed E-state index contributed by atoms with van der Waals surface area (Å²) in [5.41, 5.74) is 1.51. The predicted octanol–water partition coefficient (Wildman–Crippen LogP) is 1.57. The molecule has 1 aliphatic heterocycles. The molecule has 84 valence electrons. The van der Waals surface area contributed by atoms with E-state index in [1.165, 1.54) is 4.90 Å². The Morgan fingerprint density at radius 2 is 2.06 bits per heavy atom. The van der Waals surface area contributed by atoms with Crippen LogP contribution in [0.25, 0.3) is 0 Å². The second-order valence-corrected chi connectivity index (χ2v) is 4.66. The number of nitrogens with zero attached hydrogens (tertiary/aromatic N) is 1. The third-order valence-corrected chi connectivity index (χ3v) is 3.25. The minimum absolute atomic E-state index is 0.0854. The first-order valence-corrected chi connectivity index (χ1v) is 6.55. The van der Waals surface area contributed by atoms with Gasteiger partial charge in [-0.2, -0.15) is 11.8 Å². The van der Waals surface area contributed by atoms with Gasteiger partial charge in [-0.1, -0.05) is 18.2 Å². The molecular weight excluding hydrogens is 222 g/mol. The van der Waals surface area contributed by atoms with E-state index >= 15 is 0 Å². The van der Waals surface area contributed by atoms with E-state index in [0.29, 0.717) is 18.5 Å². The van der Waals surface area contributed by atoms with E-state index in [1.54, 1.807) is 17.8 Å². The van der Waals surface area contributed by atoms with Crippen molar-refractivity contribution in [2.24, 2.45) is 0 Å². The zero-order valence-corrected chi connectivity index (χ0v) is 9.92. The van der Waals surface area contributed by atoms with Crippen molar-refractivity contribution in [2.75, 3.05) is 18.6 Å². The summed E-state index contributed by atoms with van der Waals surface area (Å²) in [6.07, 6.45) is 2.31. The molecule has 0 unspecified atom stereocenters. The average Bonchev–Trinajstić information content (AvgIpc) is 2.29. The number of hydrogen-bond donors (Lipinski definition) is 0. The van der Waals surface area contributed by atoms with Gasteiger partial charge in [0.15, 0.2) is 0 Å². The zero-order valence-electron chi connectivity index (χ0n) is 9.10. The van der Waals surface area contributed by atoms with Gasteiger partial charge < -0.3 is 0 Å². The van der Waals surface area contributed by atoms with Crippen molar-refractivity contribution in [3.63, 3.8) is 0 Å². The van der Waals surface area contributed by atoms with E-state index in [9.17, 15) is 9.59 Å². The highest BCUT2D eigenvalue weighted by molar-refractivity contribution is 7.98. The highest BCUT2D eigenvalue weighted by Gasteiger charge is 2.29. The van der Waals surface area contributed by atoms with E-state index in [4.69, 9.17) is 0 Å². The zero-order chi connectivity index (χ0) is 11.5. The van der Waals surface area contributed by atoms with E-state index < -0.39 is 0 Å². The monoisotopic (exact) mass is 235 g/mol. The Morgan fingerprint density at radius 3 is 2.81 bits per heavy atom. The summed E-state index contributed by atoms with van der Waals surface area (Å²) >= 11 is 1.63. The molecule has 1 aromatic carbocycles. The maximum atomic E-state index is 12.0. The lowest BCUT2D eigenvalue weighted by Gasteiger charge is -2.26. The molecule has 0 spiro atoms. The number of rotatable bonds is 3. The van der Waals surface area contributed by atoms with Crippen molar-refractivity contribution in [1.29, 1.82) is 0 Å². The molecule has 1 aliphatic rings. The lowest BCUT2D eigenvalue weighted by atomic mass is 9.99. The Labute approximate surface area is 98.8 Å². The largest absolute Gasteiger partial charge is 0.277 e. The topological polar surface area (TPSA) is 37.4 Å². The molecule has 0 bridgehead atoms. The minimum atomic E-state index is -0.152. The number of benzene rings is 1.